The Morgan fingerprint density at radius 1 is 1.08 bits per heavy atom. The number of amides is 2. The fraction of sp³-hybridized carbons (Fsp3) is 0.263. The first kappa shape index (κ1) is 16.2. The smallest absolute Gasteiger partial charge is 0.245 e. The van der Waals surface area contributed by atoms with E-state index in [4.69, 9.17) is 5.73 Å². The van der Waals surface area contributed by atoms with Gasteiger partial charge in [0.15, 0.2) is 0 Å². The van der Waals surface area contributed by atoms with E-state index in [1.165, 1.54) is 0 Å². The van der Waals surface area contributed by atoms with Gasteiger partial charge in [-0.2, -0.15) is 0 Å². The summed E-state index contributed by atoms with van der Waals surface area (Å²) in [4.78, 5) is 26.2. The molecule has 1 aliphatic heterocycles. The molecule has 5 nitrogen and oxygen atoms in total. The second-order valence-electron chi connectivity index (χ2n) is 5.93. The van der Waals surface area contributed by atoms with Gasteiger partial charge in [-0.15, -0.1) is 0 Å². The topological polar surface area (TPSA) is 75.4 Å². The third-order valence-corrected chi connectivity index (χ3v) is 4.19. The Kier molecular flexibility index (Phi) is 4.91. The molecule has 124 valence electrons. The van der Waals surface area contributed by atoms with Crippen LogP contribution >= 0.6 is 0 Å². The number of nitrogens with two attached hydrogens (primary N) is 1. The number of rotatable bonds is 4. The highest BCUT2D eigenvalue weighted by Gasteiger charge is 2.20. The number of piperidine rings is 1. The maximum absolute atomic E-state index is 12.3. The van der Waals surface area contributed by atoms with Crippen LogP contribution in [0.25, 0.3) is 0 Å². The highest BCUT2D eigenvalue weighted by atomic mass is 16.2. The molecule has 0 radical (unpaired) electrons. The van der Waals surface area contributed by atoms with Crippen molar-refractivity contribution in [3.8, 4) is 0 Å². The Morgan fingerprint density at radius 2 is 1.88 bits per heavy atom. The summed E-state index contributed by atoms with van der Waals surface area (Å²) in [6.45, 7) is 0.722. The molecule has 24 heavy (non-hydrogen) atoms. The number of nitrogens with one attached hydrogen (secondary N) is 1. The van der Waals surface area contributed by atoms with Crippen LogP contribution in [0.4, 0.5) is 11.4 Å². The molecule has 1 fully saturated rings. The maximum atomic E-state index is 12.3. The lowest BCUT2D eigenvalue weighted by Crippen LogP contribution is -2.35. The van der Waals surface area contributed by atoms with Crippen LogP contribution in [-0.2, 0) is 9.59 Å². The average Bonchev–Trinajstić information content (AvgIpc) is 2.62. The Balaban J connectivity index is 1.72. The van der Waals surface area contributed by atoms with Crippen LogP contribution in [0.15, 0.2) is 54.6 Å². The first-order chi connectivity index (χ1) is 11.6. The summed E-state index contributed by atoms with van der Waals surface area (Å²) in [5.41, 5.74) is 8.23. The van der Waals surface area contributed by atoms with E-state index < -0.39 is 6.04 Å². The van der Waals surface area contributed by atoms with Gasteiger partial charge in [-0.25, -0.2) is 0 Å². The Bertz CT molecular complexity index is 730. The molecular formula is C19H21N3O2. The number of anilines is 2. The third kappa shape index (κ3) is 3.63. The fourth-order valence-corrected chi connectivity index (χ4v) is 2.86. The van der Waals surface area contributed by atoms with Crippen molar-refractivity contribution in [3.63, 3.8) is 0 Å². The van der Waals surface area contributed by atoms with Gasteiger partial charge in [-0.3, -0.25) is 9.59 Å². The standard InChI is InChI=1S/C19H21N3O2/c20-18(14-7-2-1-3-8-14)19(24)21-15-9-6-10-16(13-15)22-12-5-4-11-17(22)23/h1-3,6-10,13,18H,4-5,11-12,20H2,(H,21,24). The molecule has 0 aliphatic carbocycles. The minimum Gasteiger partial charge on any atom is -0.324 e. The van der Waals surface area contributed by atoms with Crippen molar-refractivity contribution in [2.75, 3.05) is 16.8 Å². The zero-order chi connectivity index (χ0) is 16.9. The highest BCUT2D eigenvalue weighted by Crippen LogP contribution is 2.24. The predicted octanol–water partition coefficient (Wildman–Crippen LogP) is 2.84. The molecule has 1 heterocycles. The first-order valence-electron chi connectivity index (χ1n) is 8.17. The molecule has 0 aromatic heterocycles. The molecule has 3 rings (SSSR count). The van der Waals surface area contributed by atoms with Crippen molar-refractivity contribution in [2.24, 2.45) is 5.73 Å². The van der Waals surface area contributed by atoms with Gasteiger partial charge >= 0.3 is 0 Å². The number of carbonyl (C=O) groups excluding carboxylic acids is 2. The third-order valence-electron chi connectivity index (χ3n) is 4.19. The minimum absolute atomic E-state index is 0.130. The van der Waals surface area contributed by atoms with Gasteiger partial charge < -0.3 is 16.0 Å². The molecule has 1 saturated heterocycles. The number of carbonyl (C=O) groups is 2. The van der Waals surface area contributed by atoms with Gasteiger partial charge in [0, 0.05) is 24.3 Å². The molecule has 2 amide bonds. The minimum atomic E-state index is -0.730. The van der Waals surface area contributed by atoms with Crippen molar-refractivity contribution in [1.29, 1.82) is 0 Å². The molecular weight excluding hydrogens is 302 g/mol. The van der Waals surface area contributed by atoms with Crippen LogP contribution in [0.5, 0.6) is 0 Å². The Hall–Kier alpha value is -2.66. The van der Waals surface area contributed by atoms with Gasteiger partial charge in [0.05, 0.1) is 0 Å². The number of hydrogen-bond acceptors (Lipinski definition) is 3. The second-order valence-corrected chi connectivity index (χ2v) is 5.93. The molecule has 3 N–H and O–H groups in total. The molecule has 0 saturated carbocycles. The molecule has 0 spiro atoms. The lowest BCUT2D eigenvalue weighted by atomic mass is 10.1. The van der Waals surface area contributed by atoms with Gasteiger partial charge in [0.1, 0.15) is 6.04 Å². The van der Waals surface area contributed by atoms with E-state index in [1.807, 2.05) is 48.5 Å². The van der Waals surface area contributed by atoms with E-state index in [1.54, 1.807) is 11.0 Å². The summed E-state index contributed by atoms with van der Waals surface area (Å²) in [5, 5.41) is 2.83. The van der Waals surface area contributed by atoms with E-state index in [0.717, 1.165) is 30.6 Å². The highest BCUT2D eigenvalue weighted by molar-refractivity contribution is 5.97. The second kappa shape index (κ2) is 7.27. The monoisotopic (exact) mass is 323 g/mol. The van der Waals surface area contributed by atoms with E-state index in [9.17, 15) is 9.59 Å². The fourth-order valence-electron chi connectivity index (χ4n) is 2.86. The van der Waals surface area contributed by atoms with Gasteiger partial charge in [0.2, 0.25) is 11.8 Å². The van der Waals surface area contributed by atoms with Crippen LogP contribution < -0.4 is 16.0 Å². The number of hydrogen-bond donors (Lipinski definition) is 2. The van der Waals surface area contributed by atoms with E-state index in [-0.39, 0.29) is 11.8 Å². The molecule has 2 aromatic rings. The van der Waals surface area contributed by atoms with E-state index in [0.29, 0.717) is 12.1 Å². The summed E-state index contributed by atoms with van der Waals surface area (Å²) in [6.07, 6.45) is 2.52. The quantitative estimate of drug-likeness (QED) is 0.908. The predicted molar refractivity (Wildman–Crippen MR) is 94.6 cm³/mol. The van der Waals surface area contributed by atoms with E-state index in [2.05, 4.69) is 5.32 Å². The summed E-state index contributed by atoms with van der Waals surface area (Å²) in [5.74, 6) is -0.144. The number of nitrogens with zero attached hydrogens (tertiary/aromatic N) is 1. The maximum Gasteiger partial charge on any atom is 0.245 e. The van der Waals surface area contributed by atoms with Crippen LogP contribution in [0.2, 0.25) is 0 Å². The zero-order valence-corrected chi connectivity index (χ0v) is 13.4. The molecule has 1 atom stereocenters. The Morgan fingerprint density at radius 3 is 2.62 bits per heavy atom. The van der Waals surface area contributed by atoms with Crippen molar-refractivity contribution < 1.29 is 9.59 Å². The summed E-state index contributed by atoms with van der Waals surface area (Å²) in [6, 6.07) is 15.8. The first-order valence-corrected chi connectivity index (χ1v) is 8.17. The van der Waals surface area contributed by atoms with Crippen molar-refractivity contribution in [1.82, 2.24) is 0 Å². The molecule has 1 unspecified atom stereocenters. The zero-order valence-electron chi connectivity index (χ0n) is 13.4. The van der Waals surface area contributed by atoms with Gasteiger partial charge in [-0.05, 0) is 36.6 Å². The lowest BCUT2D eigenvalue weighted by molar-refractivity contribution is -0.119. The summed E-state index contributed by atoms with van der Waals surface area (Å²) < 4.78 is 0. The molecule has 5 heteroatoms. The largest absolute Gasteiger partial charge is 0.324 e. The van der Waals surface area contributed by atoms with Gasteiger partial charge in [0.25, 0.3) is 0 Å². The van der Waals surface area contributed by atoms with Crippen LogP contribution in [-0.4, -0.2) is 18.4 Å². The summed E-state index contributed by atoms with van der Waals surface area (Å²) in [7, 11) is 0. The average molecular weight is 323 g/mol. The summed E-state index contributed by atoms with van der Waals surface area (Å²) >= 11 is 0. The van der Waals surface area contributed by atoms with Crippen molar-refractivity contribution >= 4 is 23.2 Å². The normalized spacial score (nSPS) is 15.9. The van der Waals surface area contributed by atoms with Gasteiger partial charge in [-0.1, -0.05) is 36.4 Å². The van der Waals surface area contributed by atoms with Crippen LogP contribution in [0, 0.1) is 0 Å². The van der Waals surface area contributed by atoms with E-state index >= 15 is 0 Å². The molecule has 0 bridgehead atoms. The van der Waals surface area contributed by atoms with Crippen molar-refractivity contribution in [3.05, 3.63) is 60.2 Å². The molecule has 1 aliphatic rings. The molecule has 2 aromatic carbocycles. The Labute approximate surface area is 141 Å². The SMILES string of the molecule is NC(C(=O)Nc1cccc(N2CCCCC2=O)c1)c1ccccc1. The number of benzene rings is 2. The van der Waals surface area contributed by atoms with Crippen LogP contribution in [0.1, 0.15) is 30.9 Å². The van der Waals surface area contributed by atoms with Crippen LogP contribution in [0.3, 0.4) is 0 Å². The van der Waals surface area contributed by atoms with Crippen molar-refractivity contribution in [2.45, 2.75) is 25.3 Å². The lowest BCUT2D eigenvalue weighted by Gasteiger charge is -2.27.